The van der Waals surface area contributed by atoms with E-state index in [9.17, 15) is 9.59 Å². The van der Waals surface area contributed by atoms with Gasteiger partial charge in [0, 0.05) is 11.6 Å². The van der Waals surface area contributed by atoms with Crippen molar-refractivity contribution in [3.63, 3.8) is 0 Å². The molecule has 0 amide bonds. The molecule has 3 aromatic rings. The molecular formula is C19H21N2O4Si+. The van der Waals surface area contributed by atoms with E-state index in [1.54, 1.807) is 54.3 Å². The summed E-state index contributed by atoms with van der Waals surface area (Å²) < 4.78 is 11.8. The Morgan fingerprint density at radius 2 is 1.73 bits per heavy atom. The molecule has 0 aliphatic rings. The SMILES string of the molecule is COc1ccc(C(=O)c2ccccc2-[n+]2[nH]oc(=O)c2[Si](C)(C)C)cc1. The molecule has 0 fully saturated rings. The first-order valence-electron chi connectivity index (χ1n) is 8.25. The van der Waals surface area contributed by atoms with Gasteiger partial charge in [-0.3, -0.25) is 9.32 Å². The van der Waals surface area contributed by atoms with Crippen LogP contribution in [0.2, 0.25) is 19.6 Å². The number of carbonyl (C=O) groups is 1. The molecule has 3 rings (SSSR count). The highest BCUT2D eigenvalue weighted by Gasteiger charge is 2.38. The Hall–Kier alpha value is -2.93. The molecule has 0 aliphatic carbocycles. The van der Waals surface area contributed by atoms with Crippen molar-refractivity contribution in [3.05, 3.63) is 70.1 Å². The van der Waals surface area contributed by atoms with E-state index in [4.69, 9.17) is 9.26 Å². The summed E-state index contributed by atoms with van der Waals surface area (Å²) in [4.78, 5) is 25.2. The summed E-state index contributed by atoms with van der Waals surface area (Å²) in [5, 5.41) is 3.23. The van der Waals surface area contributed by atoms with Crippen molar-refractivity contribution in [2.45, 2.75) is 19.6 Å². The predicted molar refractivity (Wildman–Crippen MR) is 100 cm³/mol. The molecular weight excluding hydrogens is 348 g/mol. The standard InChI is InChI=1S/C19H20N2O4Si/c1-24-14-11-9-13(10-12-14)17(22)15-7-5-6-8-16(15)21-18(26(2,3)4)19(23)25-20-21/h5-12H,1-4H3/p+1. The van der Waals surface area contributed by atoms with E-state index < -0.39 is 13.7 Å². The highest BCUT2D eigenvalue weighted by atomic mass is 28.3. The van der Waals surface area contributed by atoms with Crippen molar-refractivity contribution in [1.29, 1.82) is 0 Å². The number of aromatic amines is 1. The first-order valence-corrected chi connectivity index (χ1v) is 11.7. The minimum Gasteiger partial charge on any atom is -0.497 e. The minimum atomic E-state index is -2.00. The lowest BCUT2D eigenvalue weighted by molar-refractivity contribution is -0.654. The van der Waals surface area contributed by atoms with E-state index in [0.29, 0.717) is 27.9 Å². The van der Waals surface area contributed by atoms with Crippen LogP contribution in [0.15, 0.2) is 57.8 Å². The van der Waals surface area contributed by atoms with Gasteiger partial charge in [-0.15, -0.1) is 0 Å². The van der Waals surface area contributed by atoms with Gasteiger partial charge in [-0.25, -0.2) is 4.79 Å². The summed E-state index contributed by atoms with van der Waals surface area (Å²) in [6.07, 6.45) is 0. The van der Waals surface area contributed by atoms with Crippen LogP contribution in [0.3, 0.4) is 0 Å². The van der Waals surface area contributed by atoms with Gasteiger partial charge in [0.25, 0.3) is 5.32 Å². The lowest BCUT2D eigenvalue weighted by Crippen LogP contribution is -2.63. The van der Waals surface area contributed by atoms with Gasteiger partial charge in [-0.1, -0.05) is 31.8 Å². The first kappa shape index (κ1) is 17.9. The van der Waals surface area contributed by atoms with Gasteiger partial charge in [-0.05, 0) is 40.3 Å². The highest BCUT2D eigenvalue weighted by molar-refractivity contribution is 6.87. The maximum absolute atomic E-state index is 13.0. The number of nitrogens with one attached hydrogen (secondary N) is 1. The van der Waals surface area contributed by atoms with Gasteiger partial charge in [0.2, 0.25) is 5.69 Å². The van der Waals surface area contributed by atoms with Crippen molar-refractivity contribution in [3.8, 4) is 11.4 Å². The number of ether oxygens (including phenoxy) is 1. The summed E-state index contributed by atoms with van der Waals surface area (Å²) in [6, 6.07) is 14.1. The van der Waals surface area contributed by atoms with E-state index in [-0.39, 0.29) is 5.78 Å². The second-order valence-electron chi connectivity index (χ2n) is 6.99. The zero-order valence-electron chi connectivity index (χ0n) is 15.2. The normalized spacial score (nSPS) is 11.4. The molecule has 26 heavy (non-hydrogen) atoms. The van der Waals surface area contributed by atoms with Crippen molar-refractivity contribution >= 4 is 19.2 Å². The van der Waals surface area contributed by atoms with Crippen LogP contribution in [0.5, 0.6) is 5.75 Å². The lowest BCUT2D eigenvalue weighted by Gasteiger charge is -2.09. The number of H-pyrrole nitrogens is 1. The van der Waals surface area contributed by atoms with Crippen LogP contribution in [-0.2, 0) is 0 Å². The molecule has 1 heterocycles. The number of hydrogen-bond donors (Lipinski definition) is 1. The number of benzene rings is 2. The van der Waals surface area contributed by atoms with Crippen molar-refractivity contribution < 1.29 is 18.7 Å². The van der Waals surface area contributed by atoms with Crippen molar-refractivity contribution in [2.75, 3.05) is 7.11 Å². The third-order valence-electron chi connectivity index (χ3n) is 4.10. The molecule has 1 N–H and O–H groups in total. The molecule has 7 heteroatoms. The van der Waals surface area contributed by atoms with Crippen LogP contribution in [0, 0.1) is 0 Å². The number of hydrogen-bond acceptors (Lipinski definition) is 4. The van der Waals surface area contributed by atoms with E-state index in [2.05, 4.69) is 24.9 Å². The van der Waals surface area contributed by atoms with Crippen LogP contribution in [0.1, 0.15) is 15.9 Å². The van der Waals surface area contributed by atoms with E-state index >= 15 is 0 Å². The molecule has 0 saturated heterocycles. The summed E-state index contributed by atoms with van der Waals surface area (Å²) in [5.41, 5.74) is 1.23. The Morgan fingerprint density at radius 3 is 2.35 bits per heavy atom. The van der Waals surface area contributed by atoms with E-state index in [1.165, 1.54) is 0 Å². The lowest BCUT2D eigenvalue weighted by atomic mass is 10.0. The number of carbonyl (C=O) groups excluding carboxylic acids is 1. The van der Waals surface area contributed by atoms with Crippen LogP contribution in [-0.4, -0.2) is 26.2 Å². The van der Waals surface area contributed by atoms with Crippen LogP contribution in [0.4, 0.5) is 0 Å². The summed E-state index contributed by atoms with van der Waals surface area (Å²) in [5.74, 6) is 0.545. The van der Waals surface area contributed by atoms with Gasteiger partial charge < -0.3 is 4.74 Å². The highest BCUT2D eigenvalue weighted by Crippen LogP contribution is 2.17. The summed E-state index contributed by atoms with van der Waals surface area (Å²) >= 11 is 0. The Labute approximate surface area is 152 Å². The monoisotopic (exact) mass is 369 g/mol. The zero-order chi connectivity index (χ0) is 18.9. The molecule has 0 atom stereocenters. The van der Waals surface area contributed by atoms with E-state index in [0.717, 1.165) is 0 Å². The van der Waals surface area contributed by atoms with Gasteiger partial charge in [0.15, 0.2) is 13.9 Å². The van der Waals surface area contributed by atoms with Gasteiger partial charge in [0.05, 0.1) is 12.7 Å². The summed E-state index contributed by atoms with van der Waals surface area (Å²) in [7, 11) is -0.425. The van der Waals surface area contributed by atoms with Gasteiger partial charge in [0.1, 0.15) is 5.75 Å². The molecule has 0 saturated carbocycles. The molecule has 0 aliphatic heterocycles. The Kier molecular flexibility index (Phi) is 4.65. The zero-order valence-corrected chi connectivity index (χ0v) is 16.2. The fourth-order valence-corrected chi connectivity index (χ4v) is 4.34. The third-order valence-corrected chi connectivity index (χ3v) is 5.95. The quantitative estimate of drug-likeness (QED) is 0.424. The van der Waals surface area contributed by atoms with Crippen LogP contribution < -0.4 is 20.4 Å². The molecule has 2 aromatic carbocycles. The number of nitrogens with zero attached hydrogens (tertiary/aromatic N) is 1. The van der Waals surface area contributed by atoms with Crippen LogP contribution in [0.25, 0.3) is 5.69 Å². The van der Waals surface area contributed by atoms with Crippen molar-refractivity contribution in [1.82, 2.24) is 5.27 Å². The van der Waals surface area contributed by atoms with Crippen molar-refractivity contribution in [2.24, 2.45) is 0 Å². The molecule has 0 radical (unpaired) electrons. The summed E-state index contributed by atoms with van der Waals surface area (Å²) in [6.45, 7) is 6.16. The van der Waals surface area contributed by atoms with Gasteiger partial charge in [-0.2, -0.15) is 0 Å². The average molecular weight is 369 g/mol. The Morgan fingerprint density at radius 1 is 1.08 bits per heavy atom. The maximum Gasteiger partial charge on any atom is 0.424 e. The fourth-order valence-electron chi connectivity index (χ4n) is 2.84. The van der Waals surface area contributed by atoms with Crippen LogP contribution >= 0.6 is 0 Å². The Bertz CT molecular complexity index is 997. The first-order chi connectivity index (χ1) is 12.3. The second kappa shape index (κ2) is 6.76. The largest absolute Gasteiger partial charge is 0.497 e. The molecule has 0 spiro atoms. The molecule has 6 nitrogen and oxygen atoms in total. The number of rotatable bonds is 5. The average Bonchev–Trinajstić information content (AvgIpc) is 3.03. The van der Waals surface area contributed by atoms with E-state index in [1.807, 2.05) is 6.07 Å². The smallest absolute Gasteiger partial charge is 0.424 e. The van der Waals surface area contributed by atoms with Gasteiger partial charge >= 0.3 is 5.63 Å². The Balaban J connectivity index is 2.13. The molecule has 134 valence electrons. The molecule has 0 bridgehead atoms. The number of methoxy groups -OCH3 is 1. The topological polar surface area (TPSA) is 76.2 Å². The number of ketones is 1. The maximum atomic E-state index is 13.0. The number of aromatic nitrogens is 2. The number of para-hydroxylation sites is 1. The molecule has 1 aromatic heterocycles. The third kappa shape index (κ3) is 3.25. The predicted octanol–water partition coefficient (Wildman–Crippen LogP) is 2.03. The fraction of sp³-hybridized carbons (Fsp3) is 0.211. The molecule has 0 unspecified atom stereocenters. The minimum absolute atomic E-state index is 0.140. The second-order valence-corrected chi connectivity index (χ2v) is 12.0.